The summed E-state index contributed by atoms with van der Waals surface area (Å²) in [6.07, 6.45) is 4.63. The third-order valence-corrected chi connectivity index (χ3v) is 7.15. The number of anilines is 1. The summed E-state index contributed by atoms with van der Waals surface area (Å²) in [7, 11) is 0. The number of halogens is 1. The van der Waals surface area contributed by atoms with E-state index in [0.717, 1.165) is 28.1 Å². The Bertz CT molecular complexity index is 1770. The molecule has 4 aromatic rings. The summed E-state index contributed by atoms with van der Waals surface area (Å²) in [6, 6.07) is 10.6. The fraction of sp³-hybridized carbons (Fsp3) is 0.241. The highest BCUT2D eigenvalue weighted by atomic mass is 19.1. The molecule has 0 unspecified atom stereocenters. The number of carboxylic acid groups (broad SMARTS) is 1. The first kappa shape index (κ1) is 25.7. The van der Waals surface area contributed by atoms with Gasteiger partial charge in [0.25, 0.3) is 5.91 Å². The maximum atomic E-state index is 15.2. The zero-order valence-corrected chi connectivity index (χ0v) is 21.5. The average molecular weight is 528 g/mol. The van der Waals surface area contributed by atoms with Crippen molar-refractivity contribution in [2.24, 2.45) is 0 Å². The molecule has 0 radical (unpaired) electrons. The minimum Gasteiger partial charge on any atom is -0.477 e. The molecule has 1 saturated heterocycles. The Kier molecular flexibility index (Phi) is 6.66. The number of aromatic carboxylic acids is 1. The number of piperazine rings is 1. The number of benzene rings is 2. The van der Waals surface area contributed by atoms with E-state index in [2.05, 4.69) is 4.98 Å². The molecule has 5 rings (SSSR count). The number of hydrogen-bond acceptors (Lipinski definition) is 5. The quantitative estimate of drug-likeness (QED) is 0.300. The van der Waals surface area contributed by atoms with Crippen LogP contribution in [0.4, 0.5) is 10.1 Å². The van der Waals surface area contributed by atoms with Gasteiger partial charge in [-0.05, 0) is 43.7 Å². The zero-order chi connectivity index (χ0) is 27.8. The highest BCUT2D eigenvalue weighted by Crippen LogP contribution is 2.27. The fourth-order valence-electron chi connectivity index (χ4n) is 5.06. The van der Waals surface area contributed by atoms with Crippen LogP contribution in [-0.4, -0.2) is 57.6 Å². The number of carboxylic acids is 1. The lowest BCUT2D eigenvalue weighted by Gasteiger charge is -2.36. The van der Waals surface area contributed by atoms with Gasteiger partial charge in [-0.2, -0.15) is 5.26 Å². The van der Waals surface area contributed by atoms with Crippen LogP contribution in [0.25, 0.3) is 27.9 Å². The van der Waals surface area contributed by atoms with Gasteiger partial charge in [0.05, 0.1) is 11.2 Å². The Labute approximate surface area is 223 Å². The van der Waals surface area contributed by atoms with Crippen LogP contribution in [0.5, 0.6) is 0 Å². The number of nitriles is 1. The Balaban J connectivity index is 1.38. The SMILES string of the molecule is CCn1cc(C(=O)O)c(=O)c2cc(F)c(N3CCN(C(=O)/C(C#N)=C/c4c[nH]c5cc(C)ccc45)CC3)cc21. The first-order valence-electron chi connectivity index (χ1n) is 12.6. The van der Waals surface area contributed by atoms with Crippen LogP contribution < -0.4 is 10.3 Å². The van der Waals surface area contributed by atoms with E-state index < -0.39 is 28.7 Å². The largest absolute Gasteiger partial charge is 0.477 e. The predicted octanol–water partition coefficient (Wildman–Crippen LogP) is 3.90. The third kappa shape index (κ3) is 4.63. The minimum atomic E-state index is -1.36. The van der Waals surface area contributed by atoms with E-state index in [1.165, 1.54) is 6.20 Å². The number of aromatic nitrogens is 2. The zero-order valence-electron chi connectivity index (χ0n) is 21.5. The summed E-state index contributed by atoms with van der Waals surface area (Å²) in [5.41, 5.74) is 2.35. The molecule has 0 spiro atoms. The van der Waals surface area contributed by atoms with Crippen LogP contribution in [0.1, 0.15) is 28.4 Å². The fourth-order valence-corrected chi connectivity index (χ4v) is 5.06. The number of nitrogens with zero attached hydrogens (tertiary/aromatic N) is 4. The number of rotatable bonds is 5. The average Bonchev–Trinajstić information content (AvgIpc) is 3.33. The molecule has 2 aromatic carbocycles. The molecule has 198 valence electrons. The Hall–Kier alpha value is -4.91. The summed E-state index contributed by atoms with van der Waals surface area (Å²) >= 11 is 0. The summed E-state index contributed by atoms with van der Waals surface area (Å²) in [5, 5.41) is 20.0. The summed E-state index contributed by atoms with van der Waals surface area (Å²) in [5.74, 6) is -2.39. The summed E-state index contributed by atoms with van der Waals surface area (Å²) in [6.45, 7) is 5.39. The number of hydrogen-bond donors (Lipinski definition) is 2. The predicted molar refractivity (Wildman–Crippen MR) is 146 cm³/mol. The normalized spacial score (nSPS) is 14.2. The molecular weight excluding hydrogens is 501 g/mol. The van der Waals surface area contributed by atoms with E-state index in [1.807, 2.05) is 31.2 Å². The highest BCUT2D eigenvalue weighted by molar-refractivity contribution is 6.04. The highest BCUT2D eigenvalue weighted by Gasteiger charge is 2.26. The van der Waals surface area contributed by atoms with Gasteiger partial charge in [-0.3, -0.25) is 9.59 Å². The molecule has 0 atom stereocenters. The lowest BCUT2D eigenvalue weighted by molar-refractivity contribution is -0.126. The molecule has 0 aliphatic carbocycles. The summed E-state index contributed by atoms with van der Waals surface area (Å²) in [4.78, 5) is 43.8. The molecule has 1 aliphatic rings. The maximum absolute atomic E-state index is 15.2. The molecule has 1 fully saturated rings. The van der Waals surface area contributed by atoms with Crippen LogP contribution in [-0.2, 0) is 11.3 Å². The van der Waals surface area contributed by atoms with Crippen molar-refractivity contribution in [2.75, 3.05) is 31.1 Å². The van der Waals surface area contributed by atoms with E-state index in [-0.39, 0.29) is 29.7 Å². The van der Waals surface area contributed by atoms with Crippen molar-refractivity contribution in [3.63, 3.8) is 0 Å². The maximum Gasteiger partial charge on any atom is 0.341 e. The first-order valence-corrected chi connectivity index (χ1v) is 12.6. The molecule has 0 saturated carbocycles. The van der Waals surface area contributed by atoms with E-state index in [1.54, 1.807) is 39.6 Å². The molecule has 39 heavy (non-hydrogen) atoms. The van der Waals surface area contributed by atoms with Crippen LogP contribution in [0.2, 0.25) is 0 Å². The van der Waals surface area contributed by atoms with Crippen molar-refractivity contribution < 1.29 is 19.1 Å². The van der Waals surface area contributed by atoms with Crippen LogP contribution in [0.3, 0.4) is 0 Å². The number of aromatic amines is 1. The van der Waals surface area contributed by atoms with E-state index in [0.29, 0.717) is 25.2 Å². The van der Waals surface area contributed by atoms with Gasteiger partial charge in [0.2, 0.25) is 5.43 Å². The van der Waals surface area contributed by atoms with Gasteiger partial charge in [-0.25, -0.2) is 9.18 Å². The van der Waals surface area contributed by atoms with E-state index in [4.69, 9.17) is 0 Å². The molecule has 1 amide bonds. The minimum absolute atomic E-state index is 0.00283. The molecule has 3 heterocycles. The van der Waals surface area contributed by atoms with E-state index in [9.17, 15) is 24.8 Å². The van der Waals surface area contributed by atoms with Crippen LogP contribution in [0, 0.1) is 24.1 Å². The smallest absolute Gasteiger partial charge is 0.341 e. The van der Waals surface area contributed by atoms with Gasteiger partial charge < -0.3 is 24.5 Å². The van der Waals surface area contributed by atoms with Gasteiger partial charge >= 0.3 is 5.97 Å². The second-order valence-electron chi connectivity index (χ2n) is 9.53. The van der Waals surface area contributed by atoms with Crippen LogP contribution in [0.15, 0.2) is 53.1 Å². The monoisotopic (exact) mass is 527 g/mol. The molecule has 2 aromatic heterocycles. The van der Waals surface area contributed by atoms with Gasteiger partial charge in [0, 0.05) is 67.0 Å². The van der Waals surface area contributed by atoms with Gasteiger partial charge in [-0.15, -0.1) is 0 Å². The molecule has 0 bridgehead atoms. The van der Waals surface area contributed by atoms with Crippen molar-refractivity contribution in [1.82, 2.24) is 14.5 Å². The number of nitrogens with one attached hydrogen (secondary N) is 1. The van der Waals surface area contributed by atoms with Crippen molar-refractivity contribution in [1.29, 1.82) is 5.26 Å². The van der Waals surface area contributed by atoms with Crippen molar-refractivity contribution in [3.8, 4) is 6.07 Å². The number of amides is 1. The first-order chi connectivity index (χ1) is 18.7. The standard InChI is InChI=1S/C29H26FN5O4/c1-3-33-16-22(29(38)39)27(36)21-12-23(30)26(13-25(21)33)34-6-8-35(9-7-34)28(37)18(14-31)11-19-15-32-24-10-17(2)4-5-20(19)24/h4-5,10-13,15-16,32H,3,6-9H2,1-2H3,(H,38,39)/b18-11+. The Morgan fingerprint density at radius 1 is 1.15 bits per heavy atom. The molecular formula is C29H26FN5O4. The van der Waals surface area contributed by atoms with Crippen molar-refractivity contribution in [3.05, 3.63) is 81.0 Å². The topological polar surface area (TPSA) is 122 Å². The van der Waals surface area contributed by atoms with E-state index >= 15 is 4.39 Å². The molecule has 1 aliphatic heterocycles. The second kappa shape index (κ2) is 10.1. The number of carbonyl (C=O) groups excluding carboxylic acids is 1. The lowest BCUT2D eigenvalue weighted by atomic mass is 10.1. The Morgan fingerprint density at radius 3 is 2.56 bits per heavy atom. The van der Waals surface area contributed by atoms with Crippen molar-refractivity contribution in [2.45, 2.75) is 20.4 Å². The lowest BCUT2D eigenvalue weighted by Crippen LogP contribution is -2.49. The van der Waals surface area contributed by atoms with Gasteiger partial charge in [0.15, 0.2) is 0 Å². The van der Waals surface area contributed by atoms with Crippen molar-refractivity contribution >= 4 is 45.4 Å². The number of aryl methyl sites for hydroxylation is 2. The number of carbonyl (C=O) groups is 2. The molecule has 2 N–H and O–H groups in total. The Morgan fingerprint density at radius 2 is 1.90 bits per heavy atom. The number of fused-ring (bicyclic) bond motifs is 2. The number of H-pyrrole nitrogens is 1. The number of pyridine rings is 1. The second-order valence-corrected chi connectivity index (χ2v) is 9.53. The van der Waals surface area contributed by atoms with Gasteiger partial charge in [-0.1, -0.05) is 12.1 Å². The summed E-state index contributed by atoms with van der Waals surface area (Å²) < 4.78 is 16.8. The van der Waals surface area contributed by atoms with Crippen LogP contribution >= 0.6 is 0 Å². The third-order valence-electron chi connectivity index (χ3n) is 7.15. The molecule has 10 heteroatoms. The molecule has 9 nitrogen and oxygen atoms in total. The van der Waals surface area contributed by atoms with Gasteiger partial charge in [0.1, 0.15) is 23.0 Å².